The van der Waals surface area contributed by atoms with Gasteiger partial charge in [0.2, 0.25) is 0 Å². The maximum absolute atomic E-state index is 3.52. The Kier molecular flexibility index (Phi) is 1.69. The molecule has 0 aliphatic rings. The average molecular weight is 68.1 g/mol. The van der Waals surface area contributed by atoms with E-state index in [2.05, 4.69) is 22.9 Å². The second-order valence-corrected chi connectivity index (χ2v) is 1.83. The Bertz CT molecular complexity index is 26.3. The van der Waals surface area contributed by atoms with Crippen molar-refractivity contribution in [3.8, 4) is 0 Å². The van der Waals surface area contributed by atoms with E-state index in [4.69, 9.17) is 0 Å². The summed E-state index contributed by atoms with van der Waals surface area (Å²) >= 11 is 2.46. The molecule has 2 radical (unpaired) electrons. The highest BCUT2D eigenvalue weighted by Gasteiger charge is 1.52. The molecule has 0 heterocycles. The van der Waals surface area contributed by atoms with Gasteiger partial charge >= 0.3 is 0 Å². The van der Waals surface area contributed by atoms with E-state index in [1.165, 1.54) is 0 Å². The lowest BCUT2D eigenvalue weighted by Crippen LogP contribution is -1.56. The molecule has 0 aliphatic carbocycles. The van der Waals surface area contributed by atoms with Crippen LogP contribution in [0.15, 0.2) is 11.0 Å². The van der Waals surface area contributed by atoms with E-state index in [9.17, 15) is 0 Å². The molecule has 0 nitrogen and oxygen atoms in total. The molecule has 0 bridgehead atoms. The molecule has 0 fully saturated rings. The van der Waals surface area contributed by atoms with Crippen LogP contribution in [-0.2, 0) is 0 Å². The molecule has 0 aromatic carbocycles. The van der Waals surface area contributed by atoms with Gasteiger partial charge in [0.15, 0.2) is 16.3 Å². The Morgan fingerprint density at radius 3 is 2.00 bits per heavy atom. The first-order chi connectivity index (χ1) is 1.73. The zero-order valence-electron chi connectivity index (χ0n) is 2.78. The van der Waals surface area contributed by atoms with Gasteiger partial charge < -0.3 is 0 Å². The van der Waals surface area contributed by atoms with E-state index in [0.29, 0.717) is 0 Å². The Labute approximate surface area is 34.9 Å². The maximum Gasteiger partial charge on any atom is 0.166 e. The lowest BCUT2D eigenvalue weighted by molar-refractivity contribution is 1.72. The van der Waals surface area contributed by atoms with E-state index < -0.39 is 0 Å². The molecular weight excluding hydrogens is 63.0 g/mol. The van der Waals surface area contributed by atoms with Crippen molar-refractivity contribution in [2.45, 2.75) is 6.92 Å². The summed E-state index contributed by atoms with van der Waals surface area (Å²) in [5.74, 6) is 0. The summed E-state index contributed by atoms with van der Waals surface area (Å²) in [6.45, 7) is 5.45. The Morgan fingerprint density at radius 1 is 2.00 bits per heavy atom. The minimum atomic E-state index is 1.08. The Hall–Kier alpha value is 0.272. The molecule has 1 heteroatoms. The number of hydrogen-bond donors (Lipinski definition) is 0. The topological polar surface area (TPSA) is 0 Å². The lowest BCUT2D eigenvalue weighted by Gasteiger charge is -1.66. The molecule has 20 valence electrons. The van der Waals surface area contributed by atoms with Gasteiger partial charge in [-0.25, -0.2) is 0 Å². The first-order valence-electron chi connectivity index (χ1n) is 1.14. The first kappa shape index (κ1) is 4.27. The van der Waals surface area contributed by atoms with E-state index in [0.717, 1.165) is 4.44 Å². The molecule has 4 heavy (non-hydrogen) atoms. The Balaban J connectivity index is 2.80. The molecule has 0 atom stereocenters. The quantitative estimate of drug-likeness (QED) is 0.366. The van der Waals surface area contributed by atoms with Crippen molar-refractivity contribution in [1.29, 1.82) is 0 Å². The van der Waals surface area contributed by atoms with E-state index in [1.807, 2.05) is 6.92 Å². The molecule has 0 spiro atoms. The summed E-state index contributed by atoms with van der Waals surface area (Å²) in [4.78, 5) is 0. The van der Waals surface area contributed by atoms with Crippen LogP contribution < -0.4 is 0 Å². The maximum atomic E-state index is 3.52. The van der Waals surface area contributed by atoms with Crippen molar-refractivity contribution in [3.63, 3.8) is 0 Å². The van der Waals surface area contributed by atoms with Gasteiger partial charge in [-0.05, 0) is 0 Å². The average Bonchev–Trinajstić information content (AvgIpc) is 0.811. The number of allylic oxidation sites excluding steroid dienone is 1. The number of hydrogen-bond acceptors (Lipinski definition) is 0. The van der Waals surface area contributed by atoms with Gasteiger partial charge in [-0.3, -0.25) is 0 Å². The largest absolute Gasteiger partial charge is 0.169 e. The monoisotopic (exact) mass is 68.0 g/mol. The van der Waals surface area contributed by atoms with Crippen LogP contribution in [0, 0.1) is 0 Å². The SMILES string of the molecule is C=[C](C)[Al]. The molecule has 0 saturated heterocycles. The van der Waals surface area contributed by atoms with Gasteiger partial charge in [-0.1, -0.05) is 6.92 Å². The standard InChI is InChI=1S/C3H5.Al/c1-3-2;/h1H2,2H3;. The molecule has 0 aromatic rings. The van der Waals surface area contributed by atoms with Gasteiger partial charge in [-0.15, -0.1) is 6.58 Å². The van der Waals surface area contributed by atoms with Crippen LogP contribution in [0.1, 0.15) is 6.92 Å². The van der Waals surface area contributed by atoms with Crippen LogP contribution in [0.2, 0.25) is 0 Å². The van der Waals surface area contributed by atoms with Gasteiger partial charge in [0.05, 0.1) is 0 Å². The minimum absolute atomic E-state index is 1.08. The van der Waals surface area contributed by atoms with Crippen LogP contribution in [0.25, 0.3) is 0 Å². The smallest absolute Gasteiger partial charge is 0.166 e. The van der Waals surface area contributed by atoms with Crippen molar-refractivity contribution in [2.75, 3.05) is 0 Å². The van der Waals surface area contributed by atoms with Crippen molar-refractivity contribution < 1.29 is 0 Å². The van der Waals surface area contributed by atoms with Crippen LogP contribution in [-0.4, -0.2) is 16.3 Å². The summed E-state index contributed by atoms with van der Waals surface area (Å²) in [5, 5.41) is 0. The van der Waals surface area contributed by atoms with Crippen LogP contribution >= 0.6 is 0 Å². The van der Waals surface area contributed by atoms with Crippen LogP contribution in [0.4, 0.5) is 0 Å². The third-order valence-corrected chi connectivity index (χ3v) is 0. The second kappa shape index (κ2) is 1.58. The predicted octanol–water partition coefficient (Wildman–Crippen LogP) is 0.688. The van der Waals surface area contributed by atoms with Crippen molar-refractivity contribution in [1.82, 2.24) is 0 Å². The fourth-order valence-corrected chi connectivity index (χ4v) is 0. The van der Waals surface area contributed by atoms with Gasteiger partial charge in [0.1, 0.15) is 0 Å². The van der Waals surface area contributed by atoms with E-state index >= 15 is 0 Å². The Morgan fingerprint density at radius 2 is 2.00 bits per heavy atom. The molecule has 0 saturated carbocycles. The highest BCUT2D eigenvalue weighted by Crippen LogP contribution is 1.65. The highest BCUT2D eigenvalue weighted by atomic mass is 27.0. The van der Waals surface area contributed by atoms with Crippen LogP contribution in [0.3, 0.4) is 0 Å². The summed E-state index contributed by atoms with van der Waals surface area (Å²) in [5.41, 5.74) is 0. The molecule has 0 aromatic heterocycles. The first-order valence-corrected chi connectivity index (χ1v) is 1.72. The summed E-state index contributed by atoms with van der Waals surface area (Å²) in [7, 11) is 0. The molecular formula is C3H5Al. The van der Waals surface area contributed by atoms with Crippen molar-refractivity contribution in [3.05, 3.63) is 11.0 Å². The normalized spacial score (nSPS) is 6.25. The number of rotatable bonds is 0. The fourth-order valence-electron chi connectivity index (χ4n) is 0. The van der Waals surface area contributed by atoms with Crippen molar-refractivity contribution >= 4 is 16.3 Å². The van der Waals surface area contributed by atoms with E-state index in [-0.39, 0.29) is 0 Å². The molecule has 0 rings (SSSR count). The summed E-state index contributed by atoms with van der Waals surface area (Å²) < 4.78 is 1.08. The van der Waals surface area contributed by atoms with Gasteiger partial charge in [-0.2, -0.15) is 4.44 Å². The molecule has 0 N–H and O–H groups in total. The van der Waals surface area contributed by atoms with Gasteiger partial charge in [0, 0.05) is 0 Å². The zero-order valence-corrected chi connectivity index (χ0v) is 3.94. The highest BCUT2D eigenvalue weighted by molar-refractivity contribution is 6.20. The molecule has 0 aliphatic heterocycles. The van der Waals surface area contributed by atoms with Crippen LogP contribution in [0.5, 0.6) is 0 Å². The molecule has 0 unspecified atom stereocenters. The third-order valence-electron chi connectivity index (χ3n) is 0. The predicted molar refractivity (Wildman–Crippen MR) is 20.6 cm³/mol. The third kappa shape index (κ3) is 49.6. The van der Waals surface area contributed by atoms with Gasteiger partial charge in [0.25, 0.3) is 0 Å². The van der Waals surface area contributed by atoms with Crippen molar-refractivity contribution in [2.24, 2.45) is 0 Å². The minimum Gasteiger partial charge on any atom is -0.169 e. The fraction of sp³-hybridized carbons (Fsp3) is 0.333. The van der Waals surface area contributed by atoms with E-state index in [1.54, 1.807) is 0 Å². The summed E-state index contributed by atoms with van der Waals surface area (Å²) in [6, 6.07) is 0. The second-order valence-electron chi connectivity index (χ2n) is 0.846. The summed E-state index contributed by atoms with van der Waals surface area (Å²) in [6.07, 6.45) is 0. The zero-order chi connectivity index (χ0) is 3.58. The molecule has 0 amide bonds. The lowest BCUT2D eigenvalue weighted by atomic mass is 10.8.